The van der Waals surface area contributed by atoms with Crippen molar-refractivity contribution in [3.8, 4) is 21.1 Å². The summed E-state index contributed by atoms with van der Waals surface area (Å²) in [6.45, 7) is 4.12. The van der Waals surface area contributed by atoms with Crippen molar-refractivity contribution in [2.75, 3.05) is 5.32 Å². The molecule has 0 aliphatic carbocycles. The summed E-state index contributed by atoms with van der Waals surface area (Å²) in [7, 11) is 0. The molecule has 134 valence electrons. The molecule has 0 amide bonds. The lowest BCUT2D eigenvalue weighted by atomic mass is 10.2. The minimum absolute atomic E-state index is 0.574. The highest BCUT2D eigenvalue weighted by Crippen LogP contribution is 2.34. The Balaban J connectivity index is 1.66. The number of benzene rings is 1. The molecule has 3 heterocycles. The van der Waals surface area contributed by atoms with Crippen LogP contribution in [-0.4, -0.2) is 19.9 Å². The van der Waals surface area contributed by atoms with Gasteiger partial charge in [0.1, 0.15) is 5.01 Å². The fourth-order valence-corrected chi connectivity index (χ4v) is 3.79. The van der Waals surface area contributed by atoms with Crippen molar-refractivity contribution in [1.29, 1.82) is 0 Å². The van der Waals surface area contributed by atoms with Gasteiger partial charge < -0.3 is 5.32 Å². The number of nitrogens with one attached hydrogen (secondary N) is 1. The van der Waals surface area contributed by atoms with Crippen LogP contribution in [0.2, 0.25) is 0 Å². The highest BCUT2D eigenvalue weighted by Gasteiger charge is 2.13. The average molecular weight is 373 g/mol. The van der Waals surface area contributed by atoms with Gasteiger partial charge in [-0.05, 0) is 43.7 Å². The van der Waals surface area contributed by atoms with E-state index in [4.69, 9.17) is 4.98 Å². The quantitative estimate of drug-likeness (QED) is 0.516. The van der Waals surface area contributed by atoms with Crippen LogP contribution in [0.1, 0.15) is 18.3 Å². The molecule has 4 rings (SSSR count). The highest BCUT2D eigenvalue weighted by molar-refractivity contribution is 7.18. The van der Waals surface area contributed by atoms with Gasteiger partial charge in [-0.1, -0.05) is 25.1 Å². The van der Waals surface area contributed by atoms with Crippen molar-refractivity contribution < 1.29 is 0 Å². The molecule has 0 saturated heterocycles. The van der Waals surface area contributed by atoms with Crippen molar-refractivity contribution in [2.45, 2.75) is 20.3 Å². The maximum absolute atomic E-state index is 4.76. The molecule has 0 unspecified atom stereocenters. The minimum atomic E-state index is 0.574. The number of aryl methyl sites for hydroxylation is 2. The van der Waals surface area contributed by atoms with Crippen LogP contribution in [0.3, 0.4) is 0 Å². The summed E-state index contributed by atoms with van der Waals surface area (Å²) in [5.74, 6) is 0.574. The van der Waals surface area contributed by atoms with E-state index in [-0.39, 0.29) is 0 Å². The van der Waals surface area contributed by atoms with Crippen LogP contribution in [0.4, 0.5) is 11.6 Å². The number of thiazole rings is 1. The summed E-state index contributed by atoms with van der Waals surface area (Å²) in [6.07, 6.45) is 4.52. The molecule has 0 atom stereocenters. The van der Waals surface area contributed by atoms with Gasteiger partial charge in [0, 0.05) is 29.3 Å². The standard InChI is InChI=1S/C21H19N5S/c1-3-16-13-15(9-11-22-16)20-24-14(2)19(27-20)18-10-12-23-21(26-18)25-17-7-5-4-6-8-17/h4-13H,3H2,1-2H3,(H,23,25,26). The van der Waals surface area contributed by atoms with Gasteiger partial charge in [-0.15, -0.1) is 11.3 Å². The predicted molar refractivity (Wildman–Crippen MR) is 110 cm³/mol. The van der Waals surface area contributed by atoms with Gasteiger partial charge in [0.05, 0.1) is 16.3 Å². The molecule has 1 aromatic carbocycles. The van der Waals surface area contributed by atoms with E-state index < -0.39 is 0 Å². The van der Waals surface area contributed by atoms with E-state index in [1.54, 1.807) is 17.5 Å². The van der Waals surface area contributed by atoms with Gasteiger partial charge >= 0.3 is 0 Å². The molecule has 0 fully saturated rings. The number of anilines is 2. The van der Waals surface area contributed by atoms with Crippen LogP contribution in [0, 0.1) is 6.92 Å². The average Bonchev–Trinajstić information content (AvgIpc) is 3.11. The number of rotatable bonds is 5. The normalized spacial score (nSPS) is 10.7. The van der Waals surface area contributed by atoms with Crippen molar-refractivity contribution in [3.63, 3.8) is 0 Å². The summed E-state index contributed by atoms with van der Waals surface area (Å²) in [5, 5.41) is 4.22. The number of aromatic nitrogens is 4. The summed E-state index contributed by atoms with van der Waals surface area (Å²) >= 11 is 1.64. The SMILES string of the molecule is CCc1cc(-c2nc(C)c(-c3ccnc(Nc4ccccc4)n3)s2)ccn1. The van der Waals surface area contributed by atoms with Gasteiger partial charge in [0.15, 0.2) is 0 Å². The first kappa shape index (κ1) is 17.3. The van der Waals surface area contributed by atoms with Crippen LogP contribution in [0.15, 0.2) is 60.9 Å². The molecule has 5 nitrogen and oxygen atoms in total. The maximum Gasteiger partial charge on any atom is 0.227 e. The fourth-order valence-electron chi connectivity index (χ4n) is 2.76. The molecule has 0 spiro atoms. The van der Waals surface area contributed by atoms with E-state index >= 15 is 0 Å². The molecule has 4 aromatic rings. The zero-order chi connectivity index (χ0) is 18.6. The zero-order valence-corrected chi connectivity index (χ0v) is 16.0. The smallest absolute Gasteiger partial charge is 0.227 e. The Morgan fingerprint density at radius 1 is 0.963 bits per heavy atom. The molecule has 1 N–H and O–H groups in total. The highest BCUT2D eigenvalue weighted by atomic mass is 32.1. The molecular formula is C21H19N5S. The Kier molecular flexibility index (Phi) is 4.89. The van der Waals surface area contributed by atoms with Gasteiger partial charge in [-0.25, -0.2) is 15.0 Å². The van der Waals surface area contributed by atoms with Crippen molar-refractivity contribution in [2.24, 2.45) is 0 Å². The van der Waals surface area contributed by atoms with E-state index in [0.717, 1.165) is 44.6 Å². The first-order valence-electron chi connectivity index (χ1n) is 8.81. The molecule has 0 radical (unpaired) electrons. The van der Waals surface area contributed by atoms with Gasteiger partial charge in [-0.2, -0.15) is 0 Å². The summed E-state index contributed by atoms with van der Waals surface area (Å²) in [6, 6.07) is 15.9. The Labute approximate surface area is 162 Å². The number of para-hydroxylation sites is 1. The Bertz CT molecular complexity index is 1060. The van der Waals surface area contributed by atoms with E-state index in [2.05, 4.69) is 33.3 Å². The van der Waals surface area contributed by atoms with Gasteiger partial charge in [-0.3, -0.25) is 4.98 Å². The van der Waals surface area contributed by atoms with Gasteiger partial charge in [0.2, 0.25) is 5.95 Å². The summed E-state index contributed by atoms with van der Waals surface area (Å²) < 4.78 is 0. The molecular weight excluding hydrogens is 354 g/mol. The van der Waals surface area contributed by atoms with Gasteiger partial charge in [0.25, 0.3) is 0 Å². The number of nitrogens with zero attached hydrogens (tertiary/aromatic N) is 4. The first-order chi connectivity index (χ1) is 13.2. The van der Waals surface area contributed by atoms with Crippen LogP contribution in [-0.2, 0) is 6.42 Å². The van der Waals surface area contributed by atoms with Crippen molar-refractivity contribution in [3.05, 3.63) is 72.3 Å². The summed E-state index contributed by atoms with van der Waals surface area (Å²) in [4.78, 5) is 19.2. The molecule has 6 heteroatoms. The summed E-state index contributed by atoms with van der Waals surface area (Å²) in [5.41, 5.74) is 4.96. The third-order valence-corrected chi connectivity index (χ3v) is 5.37. The maximum atomic E-state index is 4.76. The lowest BCUT2D eigenvalue weighted by molar-refractivity contribution is 1.04. The molecule has 3 aromatic heterocycles. The molecule has 0 saturated carbocycles. The third kappa shape index (κ3) is 3.85. The number of hydrogen-bond donors (Lipinski definition) is 1. The minimum Gasteiger partial charge on any atom is -0.324 e. The first-order valence-corrected chi connectivity index (χ1v) is 9.63. The molecule has 0 aliphatic heterocycles. The third-order valence-electron chi connectivity index (χ3n) is 4.14. The Morgan fingerprint density at radius 2 is 1.78 bits per heavy atom. The second-order valence-corrected chi connectivity index (χ2v) is 7.08. The van der Waals surface area contributed by atoms with Crippen LogP contribution in [0.5, 0.6) is 0 Å². The lowest BCUT2D eigenvalue weighted by Crippen LogP contribution is -1.97. The monoisotopic (exact) mass is 373 g/mol. The Hall–Kier alpha value is -3.12. The van der Waals surface area contributed by atoms with E-state index in [1.165, 1.54) is 0 Å². The van der Waals surface area contributed by atoms with E-state index in [1.807, 2.05) is 55.6 Å². The second kappa shape index (κ2) is 7.63. The lowest BCUT2D eigenvalue weighted by Gasteiger charge is -2.05. The van der Waals surface area contributed by atoms with Crippen LogP contribution in [0.25, 0.3) is 21.1 Å². The fraction of sp³-hybridized carbons (Fsp3) is 0.143. The largest absolute Gasteiger partial charge is 0.324 e. The molecule has 0 bridgehead atoms. The second-order valence-electron chi connectivity index (χ2n) is 6.08. The molecule has 27 heavy (non-hydrogen) atoms. The zero-order valence-electron chi connectivity index (χ0n) is 15.2. The van der Waals surface area contributed by atoms with E-state index in [0.29, 0.717) is 5.95 Å². The van der Waals surface area contributed by atoms with Crippen molar-refractivity contribution >= 4 is 23.0 Å². The predicted octanol–water partition coefficient (Wildman–Crippen LogP) is 5.28. The van der Waals surface area contributed by atoms with E-state index in [9.17, 15) is 0 Å². The van der Waals surface area contributed by atoms with Crippen molar-refractivity contribution in [1.82, 2.24) is 19.9 Å². The topological polar surface area (TPSA) is 63.6 Å². The van der Waals surface area contributed by atoms with Crippen LogP contribution < -0.4 is 5.32 Å². The number of pyridine rings is 1. The number of hydrogen-bond acceptors (Lipinski definition) is 6. The van der Waals surface area contributed by atoms with Crippen LogP contribution >= 0.6 is 11.3 Å². The molecule has 0 aliphatic rings. The Morgan fingerprint density at radius 3 is 2.59 bits per heavy atom.